The molecule has 1 aromatic heterocycles. The van der Waals surface area contributed by atoms with Gasteiger partial charge in [0.05, 0.1) is 5.56 Å². The summed E-state index contributed by atoms with van der Waals surface area (Å²) in [5, 5.41) is 0. The van der Waals surface area contributed by atoms with Crippen molar-refractivity contribution in [2.45, 2.75) is 25.4 Å². The summed E-state index contributed by atoms with van der Waals surface area (Å²) >= 11 is 0. The van der Waals surface area contributed by atoms with Crippen molar-refractivity contribution < 1.29 is 13.9 Å². The second-order valence-electron chi connectivity index (χ2n) is 7.86. The monoisotopic (exact) mass is 412 g/mol. The third kappa shape index (κ3) is 4.17. The number of rotatable bonds is 5. The second-order valence-corrected chi connectivity index (χ2v) is 7.86. The molecule has 0 bridgehead atoms. The maximum absolute atomic E-state index is 13.2. The van der Waals surface area contributed by atoms with Crippen LogP contribution in [0.4, 0.5) is 0 Å². The molecular weight excluding hydrogens is 388 g/mol. The molecule has 5 nitrogen and oxygen atoms in total. The van der Waals surface area contributed by atoms with Gasteiger partial charge in [0.1, 0.15) is 17.9 Å². The molecule has 0 radical (unpaired) electrons. The Labute approximate surface area is 181 Å². The summed E-state index contributed by atoms with van der Waals surface area (Å²) in [6, 6.07) is 25.3. The molecular formula is C26H24N2O3. The highest BCUT2D eigenvalue weighted by molar-refractivity contribution is 5.97. The molecule has 3 aromatic carbocycles. The van der Waals surface area contributed by atoms with Crippen LogP contribution in [-0.4, -0.2) is 28.9 Å². The molecule has 2 heterocycles. The highest BCUT2D eigenvalue weighted by atomic mass is 16.5. The lowest BCUT2D eigenvalue weighted by Crippen LogP contribution is -2.38. The van der Waals surface area contributed by atoms with Crippen LogP contribution in [0.25, 0.3) is 11.1 Å². The number of ether oxygens (including phenoxy) is 1. The number of aromatic nitrogens is 1. The number of likely N-dealkylation sites (tertiary alicyclic amines) is 1. The van der Waals surface area contributed by atoms with Crippen LogP contribution in [-0.2, 0) is 6.61 Å². The van der Waals surface area contributed by atoms with Gasteiger partial charge in [-0.15, -0.1) is 0 Å². The number of oxazole rings is 1. The zero-order chi connectivity index (χ0) is 21.0. The number of carbonyl (C=O) groups excluding carboxylic acids is 1. The summed E-state index contributed by atoms with van der Waals surface area (Å²) < 4.78 is 11.9. The quantitative estimate of drug-likeness (QED) is 0.439. The lowest BCUT2D eigenvalue weighted by Gasteiger charge is -2.31. The zero-order valence-corrected chi connectivity index (χ0v) is 17.2. The average Bonchev–Trinajstić information content (AvgIpc) is 3.28. The van der Waals surface area contributed by atoms with Gasteiger partial charge in [-0.2, -0.15) is 0 Å². The summed E-state index contributed by atoms with van der Waals surface area (Å²) in [6.45, 7) is 1.79. The fourth-order valence-electron chi connectivity index (χ4n) is 4.07. The highest BCUT2D eigenvalue weighted by Gasteiger charge is 2.28. The largest absolute Gasteiger partial charge is 0.488 e. The molecule has 0 N–H and O–H groups in total. The molecule has 31 heavy (non-hydrogen) atoms. The minimum Gasteiger partial charge on any atom is -0.488 e. The normalized spacial score (nSPS) is 14.6. The van der Waals surface area contributed by atoms with Crippen LogP contribution < -0.4 is 4.74 Å². The summed E-state index contributed by atoms with van der Waals surface area (Å²) in [5.41, 5.74) is 3.39. The van der Waals surface area contributed by atoms with Crippen molar-refractivity contribution in [2.75, 3.05) is 13.1 Å². The van der Waals surface area contributed by atoms with Gasteiger partial charge in [-0.3, -0.25) is 4.79 Å². The Morgan fingerprint density at radius 3 is 2.45 bits per heavy atom. The van der Waals surface area contributed by atoms with Crippen LogP contribution in [0.2, 0.25) is 0 Å². The molecule has 1 saturated heterocycles. The summed E-state index contributed by atoms with van der Waals surface area (Å²) in [7, 11) is 0. The molecule has 0 atom stereocenters. The lowest BCUT2D eigenvalue weighted by atomic mass is 9.96. The van der Waals surface area contributed by atoms with E-state index in [0.717, 1.165) is 35.4 Å². The Morgan fingerprint density at radius 1 is 0.935 bits per heavy atom. The number of piperidine rings is 1. The Balaban J connectivity index is 1.25. The number of hydrogen-bond acceptors (Lipinski definition) is 4. The van der Waals surface area contributed by atoms with Gasteiger partial charge in [-0.1, -0.05) is 54.6 Å². The van der Waals surface area contributed by atoms with Crippen LogP contribution >= 0.6 is 0 Å². The molecule has 0 unspecified atom stereocenters. The van der Waals surface area contributed by atoms with Gasteiger partial charge in [-0.25, -0.2) is 4.98 Å². The minimum atomic E-state index is 0.0136. The zero-order valence-electron chi connectivity index (χ0n) is 17.2. The van der Waals surface area contributed by atoms with Crippen LogP contribution in [0.3, 0.4) is 0 Å². The molecule has 4 aromatic rings. The summed E-state index contributed by atoms with van der Waals surface area (Å²) in [5.74, 6) is 1.65. The Hall–Kier alpha value is -3.60. The van der Waals surface area contributed by atoms with Crippen LogP contribution in [0.1, 0.15) is 40.6 Å². The molecule has 5 rings (SSSR count). The van der Waals surface area contributed by atoms with E-state index in [1.54, 1.807) is 0 Å². The fourth-order valence-corrected chi connectivity index (χ4v) is 4.07. The topological polar surface area (TPSA) is 55.6 Å². The first kappa shape index (κ1) is 19.4. The molecule has 1 aliphatic rings. The average molecular weight is 412 g/mol. The van der Waals surface area contributed by atoms with E-state index in [-0.39, 0.29) is 11.8 Å². The van der Waals surface area contributed by atoms with Crippen molar-refractivity contribution in [3.8, 4) is 5.75 Å². The molecule has 156 valence electrons. The number of para-hydroxylation sites is 3. The predicted molar refractivity (Wildman–Crippen MR) is 119 cm³/mol. The Bertz CT molecular complexity index is 1140. The van der Waals surface area contributed by atoms with Crippen molar-refractivity contribution in [3.05, 3.63) is 95.9 Å². The highest BCUT2D eigenvalue weighted by Crippen LogP contribution is 2.31. The number of carbonyl (C=O) groups is 1. The van der Waals surface area contributed by atoms with Crippen LogP contribution in [0, 0.1) is 0 Å². The first-order valence-corrected chi connectivity index (χ1v) is 10.7. The van der Waals surface area contributed by atoms with Crippen molar-refractivity contribution in [1.82, 2.24) is 9.88 Å². The van der Waals surface area contributed by atoms with E-state index >= 15 is 0 Å². The SMILES string of the molecule is O=C(c1ccccc1OCc1ccccc1)N1CCC(c2nc3ccccc3o2)CC1. The van der Waals surface area contributed by atoms with Gasteiger partial charge in [0.2, 0.25) is 0 Å². The third-order valence-corrected chi connectivity index (χ3v) is 5.80. The van der Waals surface area contributed by atoms with Gasteiger partial charge >= 0.3 is 0 Å². The Morgan fingerprint density at radius 2 is 1.65 bits per heavy atom. The number of amides is 1. The number of hydrogen-bond donors (Lipinski definition) is 0. The lowest BCUT2D eigenvalue weighted by molar-refractivity contribution is 0.0702. The van der Waals surface area contributed by atoms with Gasteiger partial charge in [-0.05, 0) is 42.7 Å². The van der Waals surface area contributed by atoms with E-state index in [9.17, 15) is 4.79 Å². The number of benzene rings is 3. The van der Waals surface area contributed by atoms with Crippen molar-refractivity contribution in [1.29, 1.82) is 0 Å². The van der Waals surface area contributed by atoms with Gasteiger partial charge in [0, 0.05) is 19.0 Å². The molecule has 1 fully saturated rings. The van der Waals surface area contributed by atoms with Crippen LogP contribution in [0.5, 0.6) is 5.75 Å². The van der Waals surface area contributed by atoms with E-state index < -0.39 is 0 Å². The fraction of sp³-hybridized carbons (Fsp3) is 0.231. The van der Waals surface area contributed by atoms with Crippen LogP contribution in [0.15, 0.2) is 83.3 Å². The minimum absolute atomic E-state index is 0.0136. The number of nitrogens with zero attached hydrogens (tertiary/aromatic N) is 2. The van der Waals surface area contributed by atoms with E-state index in [4.69, 9.17) is 9.15 Å². The standard InChI is InChI=1S/C26H24N2O3/c29-26(21-10-4-6-12-23(21)30-18-19-8-2-1-3-9-19)28-16-14-20(15-17-28)25-27-22-11-5-7-13-24(22)31-25/h1-13,20H,14-18H2. The molecule has 5 heteroatoms. The van der Waals surface area contributed by atoms with E-state index in [0.29, 0.717) is 31.0 Å². The van der Waals surface area contributed by atoms with Gasteiger partial charge in [0.15, 0.2) is 11.5 Å². The van der Waals surface area contributed by atoms with E-state index in [2.05, 4.69) is 4.98 Å². The third-order valence-electron chi connectivity index (χ3n) is 5.80. The van der Waals surface area contributed by atoms with E-state index in [1.807, 2.05) is 83.8 Å². The van der Waals surface area contributed by atoms with Crippen molar-refractivity contribution >= 4 is 17.0 Å². The van der Waals surface area contributed by atoms with Gasteiger partial charge in [0.25, 0.3) is 5.91 Å². The summed E-state index contributed by atoms with van der Waals surface area (Å²) in [4.78, 5) is 19.8. The Kier molecular flexibility index (Phi) is 5.40. The first-order chi connectivity index (χ1) is 15.3. The smallest absolute Gasteiger partial charge is 0.257 e. The van der Waals surface area contributed by atoms with Crippen molar-refractivity contribution in [3.63, 3.8) is 0 Å². The second kappa shape index (κ2) is 8.64. The number of fused-ring (bicyclic) bond motifs is 1. The first-order valence-electron chi connectivity index (χ1n) is 10.7. The maximum Gasteiger partial charge on any atom is 0.257 e. The van der Waals surface area contributed by atoms with Gasteiger partial charge < -0.3 is 14.1 Å². The molecule has 0 aliphatic carbocycles. The van der Waals surface area contributed by atoms with Crippen molar-refractivity contribution in [2.24, 2.45) is 0 Å². The molecule has 0 saturated carbocycles. The van der Waals surface area contributed by atoms with E-state index in [1.165, 1.54) is 0 Å². The molecule has 1 aliphatic heterocycles. The molecule has 1 amide bonds. The maximum atomic E-state index is 13.2. The molecule has 0 spiro atoms. The predicted octanol–water partition coefficient (Wildman–Crippen LogP) is 5.43. The summed E-state index contributed by atoms with van der Waals surface area (Å²) in [6.07, 6.45) is 1.68.